The van der Waals surface area contributed by atoms with Gasteiger partial charge in [-0.05, 0) is 49.1 Å². The number of aryl methyl sites for hydroxylation is 2. The SMILES string of the molecule is Cc1cc2cccnc2n1C1CCc2ccccc21. The van der Waals surface area contributed by atoms with Crippen LogP contribution in [0.2, 0.25) is 0 Å². The predicted octanol–water partition coefficient (Wildman–Crippen LogP) is 3.88. The maximum atomic E-state index is 4.58. The quantitative estimate of drug-likeness (QED) is 0.639. The van der Waals surface area contributed by atoms with Crippen molar-refractivity contribution in [3.63, 3.8) is 0 Å². The molecule has 1 aliphatic rings. The van der Waals surface area contributed by atoms with Crippen molar-refractivity contribution in [1.82, 2.24) is 9.55 Å². The van der Waals surface area contributed by atoms with Gasteiger partial charge in [-0.15, -0.1) is 0 Å². The Morgan fingerprint density at radius 1 is 1.16 bits per heavy atom. The lowest BCUT2D eigenvalue weighted by Gasteiger charge is -2.17. The van der Waals surface area contributed by atoms with Crippen LogP contribution in [0.25, 0.3) is 11.0 Å². The summed E-state index contributed by atoms with van der Waals surface area (Å²) < 4.78 is 2.40. The van der Waals surface area contributed by atoms with Gasteiger partial charge >= 0.3 is 0 Å². The fourth-order valence-corrected chi connectivity index (χ4v) is 3.38. The van der Waals surface area contributed by atoms with Crippen LogP contribution in [-0.4, -0.2) is 9.55 Å². The number of benzene rings is 1. The number of pyridine rings is 1. The Balaban J connectivity index is 1.95. The fraction of sp³-hybridized carbons (Fsp3) is 0.235. The average molecular weight is 248 g/mol. The minimum atomic E-state index is 0.448. The van der Waals surface area contributed by atoms with Crippen LogP contribution >= 0.6 is 0 Å². The Hall–Kier alpha value is -2.09. The molecule has 2 aromatic heterocycles. The molecule has 1 unspecified atom stereocenters. The maximum absolute atomic E-state index is 4.58. The third-order valence-electron chi connectivity index (χ3n) is 4.20. The summed E-state index contributed by atoms with van der Waals surface area (Å²) in [6.45, 7) is 2.18. The normalized spacial score (nSPS) is 17.8. The van der Waals surface area contributed by atoms with Gasteiger partial charge in [0, 0.05) is 17.3 Å². The molecule has 2 heterocycles. The molecule has 0 N–H and O–H groups in total. The number of hydrogen-bond acceptors (Lipinski definition) is 1. The van der Waals surface area contributed by atoms with E-state index in [4.69, 9.17) is 0 Å². The molecule has 0 saturated heterocycles. The van der Waals surface area contributed by atoms with Crippen molar-refractivity contribution >= 4 is 11.0 Å². The summed E-state index contributed by atoms with van der Waals surface area (Å²) in [5.74, 6) is 0. The molecule has 1 atom stereocenters. The molecule has 0 bridgehead atoms. The second kappa shape index (κ2) is 3.95. The van der Waals surface area contributed by atoms with Crippen molar-refractivity contribution in [2.24, 2.45) is 0 Å². The van der Waals surface area contributed by atoms with Crippen LogP contribution in [0.15, 0.2) is 48.7 Å². The second-order valence-corrected chi connectivity index (χ2v) is 5.33. The van der Waals surface area contributed by atoms with Gasteiger partial charge in [0.05, 0.1) is 6.04 Å². The standard InChI is InChI=1S/C17H16N2/c1-12-11-14-6-4-10-18-17(14)19(12)16-9-8-13-5-2-3-7-15(13)16/h2-7,10-11,16H,8-9H2,1H3. The van der Waals surface area contributed by atoms with Crippen LogP contribution in [0.4, 0.5) is 0 Å². The van der Waals surface area contributed by atoms with E-state index < -0.39 is 0 Å². The summed E-state index contributed by atoms with van der Waals surface area (Å²) in [5, 5.41) is 1.24. The van der Waals surface area contributed by atoms with E-state index in [0.717, 1.165) is 5.65 Å². The molecule has 0 radical (unpaired) electrons. The molecule has 0 aliphatic heterocycles. The van der Waals surface area contributed by atoms with Gasteiger partial charge in [0.15, 0.2) is 0 Å². The third kappa shape index (κ3) is 1.53. The highest BCUT2D eigenvalue weighted by Gasteiger charge is 2.25. The monoisotopic (exact) mass is 248 g/mol. The smallest absolute Gasteiger partial charge is 0.140 e. The van der Waals surface area contributed by atoms with Crippen LogP contribution in [0.5, 0.6) is 0 Å². The van der Waals surface area contributed by atoms with Crippen molar-refractivity contribution in [3.8, 4) is 0 Å². The molecule has 2 nitrogen and oxygen atoms in total. The first-order valence-corrected chi connectivity index (χ1v) is 6.85. The van der Waals surface area contributed by atoms with E-state index >= 15 is 0 Å². The Labute approximate surface area is 112 Å². The zero-order valence-corrected chi connectivity index (χ0v) is 11.0. The molecule has 4 rings (SSSR count). The summed E-state index contributed by atoms with van der Waals surface area (Å²) in [5.41, 5.74) is 5.37. The van der Waals surface area contributed by atoms with E-state index in [1.807, 2.05) is 12.3 Å². The number of nitrogens with zero attached hydrogens (tertiary/aromatic N) is 2. The third-order valence-corrected chi connectivity index (χ3v) is 4.20. The van der Waals surface area contributed by atoms with E-state index in [9.17, 15) is 0 Å². The molecule has 0 saturated carbocycles. The summed E-state index contributed by atoms with van der Waals surface area (Å²) in [6.07, 6.45) is 4.24. The zero-order valence-electron chi connectivity index (χ0n) is 11.0. The lowest BCUT2D eigenvalue weighted by atomic mass is 10.1. The first-order valence-electron chi connectivity index (χ1n) is 6.85. The number of rotatable bonds is 1. The summed E-state index contributed by atoms with van der Waals surface area (Å²) in [7, 11) is 0. The van der Waals surface area contributed by atoms with E-state index in [2.05, 4.69) is 52.9 Å². The van der Waals surface area contributed by atoms with Gasteiger partial charge in [0.2, 0.25) is 0 Å². The van der Waals surface area contributed by atoms with E-state index in [0.29, 0.717) is 6.04 Å². The van der Waals surface area contributed by atoms with Gasteiger partial charge in [0.1, 0.15) is 5.65 Å². The first-order chi connectivity index (χ1) is 9.34. The van der Waals surface area contributed by atoms with E-state index in [1.54, 1.807) is 0 Å². The molecule has 0 fully saturated rings. The Morgan fingerprint density at radius 3 is 3.00 bits per heavy atom. The highest BCUT2D eigenvalue weighted by Crippen LogP contribution is 2.37. The highest BCUT2D eigenvalue weighted by atomic mass is 15.1. The molecular formula is C17H16N2. The van der Waals surface area contributed by atoms with Crippen molar-refractivity contribution in [2.45, 2.75) is 25.8 Å². The van der Waals surface area contributed by atoms with Crippen molar-refractivity contribution in [1.29, 1.82) is 0 Å². The molecule has 0 amide bonds. The van der Waals surface area contributed by atoms with E-state index in [1.165, 1.54) is 35.0 Å². The van der Waals surface area contributed by atoms with Crippen LogP contribution in [0, 0.1) is 6.92 Å². The lowest BCUT2D eigenvalue weighted by molar-refractivity contribution is 0.583. The average Bonchev–Trinajstić information content (AvgIpc) is 2.98. The van der Waals surface area contributed by atoms with Gasteiger partial charge < -0.3 is 4.57 Å². The molecule has 94 valence electrons. The molecule has 0 spiro atoms. The Kier molecular flexibility index (Phi) is 2.25. The van der Waals surface area contributed by atoms with Crippen molar-refractivity contribution < 1.29 is 0 Å². The predicted molar refractivity (Wildman–Crippen MR) is 77.4 cm³/mol. The molecular weight excluding hydrogens is 232 g/mol. The second-order valence-electron chi connectivity index (χ2n) is 5.33. The number of aromatic nitrogens is 2. The van der Waals surface area contributed by atoms with Gasteiger partial charge in [-0.25, -0.2) is 4.98 Å². The van der Waals surface area contributed by atoms with Gasteiger partial charge in [-0.1, -0.05) is 24.3 Å². The number of hydrogen-bond donors (Lipinski definition) is 0. The molecule has 1 aromatic carbocycles. The topological polar surface area (TPSA) is 17.8 Å². The van der Waals surface area contributed by atoms with Gasteiger partial charge in [-0.2, -0.15) is 0 Å². The largest absolute Gasteiger partial charge is 0.322 e. The summed E-state index contributed by atoms with van der Waals surface area (Å²) >= 11 is 0. The molecule has 2 heteroatoms. The van der Waals surface area contributed by atoms with Crippen molar-refractivity contribution in [2.75, 3.05) is 0 Å². The van der Waals surface area contributed by atoms with Gasteiger partial charge in [0.25, 0.3) is 0 Å². The highest BCUT2D eigenvalue weighted by molar-refractivity contribution is 5.77. The van der Waals surface area contributed by atoms with Gasteiger partial charge in [-0.3, -0.25) is 0 Å². The Bertz CT molecular complexity index is 755. The number of fused-ring (bicyclic) bond motifs is 2. The fourth-order valence-electron chi connectivity index (χ4n) is 3.38. The first kappa shape index (κ1) is 10.8. The van der Waals surface area contributed by atoms with Crippen LogP contribution in [0.1, 0.15) is 29.3 Å². The summed E-state index contributed by atoms with van der Waals surface area (Å²) in [4.78, 5) is 4.58. The van der Waals surface area contributed by atoms with Crippen molar-refractivity contribution in [3.05, 3.63) is 65.5 Å². The Morgan fingerprint density at radius 2 is 2.05 bits per heavy atom. The summed E-state index contributed by atoms with van der Waals surface area (Å²) in [6, 6.07) is 15.6. The van der Waals surface area contributed by atoms with Crippen LogP contribution < -0.4 is 0 Å². The maximum Gasteiger partial charge on any atom is 0.140 e. The molecule has 19 heavy (non-hydrogen) atoms. The van der Waals surface area contributed by atoms with Crippen LogP contribution in [0.3, 0.4) is 0 Å². The lowest BCUT2D eigenvalue weighted by Crippen LogP contribution is -2.09. The zero-order chi connectivity index (χ0) is 12.8. The minimum Gasteiger partial charge on any atom is -0.322 e. The molecule has 3 aromatic rings. The van der Waals surface area contributed by atoms with E-state index in [-0.39, 0.29) is 0 Å². The minimum absolute atomic E-state index is 0.448. The van der Waals surface area contributed by atoms with Crippen LogP contribution in [-0.2, 0) is 6.42 Å². The molecule has 1 aliphatic carbocycles.